The van der Waals surface area contributed by atoms with Gasteiger partial charge in [0.1, 0.15) is 0 Å². The van der Waals surface area contributed by atoms with Gasteiger partial charge < -0.3 is 0 Å². The van der Waals surface area contributed by atoms with Gasteiger partial charge in [0.15, 0.2) is 5.16 Å². The molecule has 1 aromatic carbocycles. The van der Waals surface area contributed by atoms with E-state index in [9.17, 15) is 13.2 Å². The highest BCUT2D eigenvalue weighted by molar-refractivity contribution is 7.98. The number of nitrogens with zero attached hydrogens (tertiary/aromatic N) is 4. The maximum Gasteiger partial charge on any atom is 0.417 e. The number of hydrogen-bond acceptors (Lipinski definition) is 5. The summed E-state index contributed by atoms with van der Waals surface area (Å²) in [5.74, 6) is 0. The summed E-state index contributed by atoms with van der Waals surface area (Å²) in [6.45, 7) is 2.30. The van der Waals surface area contributed by atoms with E-state index < -0.39 is 11.7 Å². The summed E-state index contributed by atoms with van der Waals surface area (Å²) < 4.78 is 39.7. The third-order valence-electron chi connectivity index (χ3n) is 4.91. The van der Waals surface area contributed by atoms with Crippen molar-refractivity contribution in [1.29, 1.82) is 0 Å². The minimum Gasteiger partial charge on any atom is -0.294 e. The molecule has 0 fully saturated rings. The van der Waals surface area contributed by atoms with E-state index in [1.54, 1.807) is 18.3 Å². The zero-order valence-corrected chi connectivity index (χ0v) is 16.6. The van der Waals surface area contributed by atoms with Crippen molar-refractivity contribution in [2.45, 2.75) is 30.8 Å². The van der Waals surface area contributed by atoms with Crippen LogP contribution in [0, 0.1) is 0 Å². The summed E-state index contributed by atoms with van der Waals surface area (Å²) >= 11 is 1.53. The van der Waals surface area contributed by atoms with Gasteiger partial charge in [-0.1, -0.05) is 36.0 Å². The Kier molecular flexibility index (Phi) is 5.56. The van der Waals surface area contributed by atoms with Crippen molar-refractivity contribution in [3.05, 3.63) is 71.2 Å². The standard InChI is InChI=1S/C21H19F3N4S/c1-29-20-26-11-15-13-28(9-8-18(15)27-20)12-14-6-7-19(25-10-14)16-4-2-3-5-17(16)21(22,23)24/h2-7,10-11H,8-9,12-13H2,1H3. The van der Waals surface area contributed by atoms with Crippen molar-refractivity contribution in [2.24, 2.45) is 0 Å². The van der Waals surface area contributed by atoms with Gasteiger partial charge in [-0.15, -0.1) is 0 Å². The minimum atomic E-state index is -4.41. The molecular formula is C21H19F3N4S. The van der Waals surface area contributed by atoms with Crippen LogP contribution >= 0.6 is 11.8 Å². The van der Waals surface area contributed by atoms with Crippen molar-refractivity contribution >= 4 is 11.8 Å². The first kappa shape index (κ1) is 19.8. The zero-order valence-electron chi connectivity index (χ0n) is 15.8. The van der Waals surface area contributed by atoms with Crippen LogP contribution in [0.1, 0.15) is 22.4 Å². The Morgan fingerprint density at radius 1 is 1.07 bits per heavy atom. The molecule has 0 atom stereocenters. The lowest BCUT2D eigenvalue weighted by Crippen LogP contribution is -2.31. The molecule has 0 saturated carbocycles. The quantitative estimate of drug-likeness (QED) is 0.450. The van der Waals surface area contributed by atoms with E-state index in [-0.39, 0.29) is 5.56 Å². The third-order valence-corrected chi connectivity index (χ3v) is 5.47. The number of fused-ring (bicyclic) bond motifs is 1. The second-order valence-corrected chi connectivity index (χ2v) is 7.66. The SMILES string of the molecule is CSc1ncc2c(n1)CCN(Cc1ccc(-c3ccccc3C(F)(F)F)nc1)C2. The maximum absolute atomic E-state index is 13.2. The van der Waals surface area contributed by atoms with E-state index in [1.807, 2.05) is 18.5 Å². The molecule has 0 radical (unpaired) electrons. The predicted molar refractivity (Wildman–Crippen MR) is 106 cm³/mol. The molecule has 29 heavy (non-hydrogen) atoms. The van der Waals surface area contributed by atoms with Gasteiger partial charge in [-0.2, -0.15) is 13.2 Å². The molecular weight excluding hydrogens is 397 g/mol. The van der Waals surface area contributed by atoms with Gasteiger partial charge >= 0.3 is 6.18 Å². The number of aromatic nitrogens is 3. The first-order chi connectivity index (χ1) is 13.9. The van der Waals surface area contributed by atoms with Crippen LogP contribution in [0.15, 0.2) is 53.9 Å². The lowest BCUT2D eigenvalue weighted by molar-refractivity contribution is -0.137. The average Bonchev–Trinajstić information content (AvgIpc) is 2.73. The molecule has 3 heterocycles. The van der Waals surface area contributed by atoms with E-state index in [4.69, 9.17) is 0 Å². The summed E-state index contributed by atoms with van der Waals surface area (Å²) in [6, 6.07) is 9.02. The van der Waals surface area contributed by atoms with Crippen LogP contribution in [0.25, 0.3) is 11.3 Å². The molecule has 8 heteroatoms. The molecule has 1 aliphatic heterocycles. The lowest BCUT2D eigenvalue weighted by Gasteiger charge is -2.27. The van der Waals surface area contributed by atoms with Crippen LogP contribution in [0.5, 0.6) is 0 Å². The van der Waals surface area contributed by atoms with E-state index in [0.29, 0.717) is 12.2 Å². The van der Waals surface area contributed by atoms with Crippen molar-refractivity contribution in [3.8, 4) is 11.3 Å². The number of benzene rings is 1. The van der Waals surface area contributed by atoms with Gasteiger partial charge in [0.05, 0.1) is 17.0 Å². The molecule has 3 aromatic rings. The molecule has 2 aromatic heterocycles. The Morgan fingerprint density at radius 3 is 2.62 bits per heavy atom. The fourth-order valence-corrected chi connectivity index (χ4v) is 3.84. The van der Waals surface area contributed by atoms with Crippen LogP contribution in [0.4, 0.5) is 13.2 Å². The highest BCUT2D eigenvalue weighted by atomic mass is 32.2. The van der Waals surface area contributed by atoms with E-state index in [1.165, 1.54) is 23.9 Å². The fraction of sp³-hybridized carbons (Fsp3) is 0.286. The van der Waals surface area contributed by atoms with E-state index >= 15 is 0 Å². The lowest BCUT2D eigenvalue weighted by atomic mass is 10.0. The molecule has 0 bridgehead atoms. The number of pyridine rings is 1. The summed E-state index contributed by atoms with van der Waals surface area (Å²) in [7, 11) is 0. The van der Waals surface area contributed by atoms with E-state index in [0.717, 1.165) is 47.6 Å². The van der Waals surface area contributed by atoms with Gasteiger partial charge in [-0.05, 0) is 24.0 Å². The highest BCUT2D eigenvalue weighted by Crippen LogP contribution is 2.36. The van der Waals surface area contributed by atoms with Crippen molar-refractivity contribution in [2.75, 3.05) is 12.8 Å². The van der Waals surface area contributed by atoms with Gasteiger partial charge in [-0.3, -0.25) is 9.88 Å². The molecule has 0 amide bonds. The molecule has 0 unspecified atom stereocenters. The molecule has 0 spiro atoms. The average molecular weight is 416 g/mol. The molecule has 1 aliphatic rings. The topological polar surface area (TPSA) is 41.9 Å². The fourth-order valence-electron chi connectivity index (χ4n) is 3.48. The molecule has 4 rings (SSSR count). The highest BCUT2D eigenvalue weighted by Gasteiger charge is 2.33. The number of halogens is 3. The van der Waals surface area contributed by atoms with Crippen LogP contribution in [-0.4, -0.2) is 32.7 Å². The summed E-state index contributed by atoms with van der Waals surface area (Å²) in [5, 5.41) is 0.788. The monoisotopic (exact) mass is 416 g/mol. The Bertz CT molecular complexity index is 1010. The molecule has 0 aliphatic carbocycles. The van der Waals surface area contributed by atoms with Crippen molar-refractivity contribution < 1.29 is 13.2 Å². The normalized spacial score (nSPS) is 14.6. The van der Waals surface area contributed by atoms with Crippen molar-refractivity contribution in [3.63, 3.8) is 0 Å². The molecule has 4 nitrogen and oxygen atoms in total. The van der Waals surface area contributed by atoms with Crippen LogP contribution < -0.4 is 0 Å². The zero-order chi connectivity index (χ0) is 20.4. The first-order valence-electron chi connectivity index (χ1n) is 9.16. The summed E-state index contributed by atoms with van der Waals surface area (Å²) in [6.07, 6.45) is 1.95. The second-order valence-electron chi connectivity index (χ2n) is 6.88. The van der Waals surface area contributed by atoms with Gasteiger partial charge in [0, 0.05) is 49.6 Å². The predicted octanol–water partition coefficient (Wildman–Crippen LogP) is 4.84. The summed E-state index contributed by atoms with van der Waals surface area (Å²) in [4.78, 5) is 15.5. The Morgan fingerprint density at radius 2 is 1.90 bits per heavy atom. The van der Waals surface area contributed by atoms with Crippen molar-refractivity contribution in [1.82, 2.24) is 19.9 Å². The van der Waals surface area contributed by atoms with Gasteiger partial charge in [-0.25, -0.2) is 9.97 Å². The number of thioether (sulfide) groups is 1. The van der Waals surface area contributed by atoms with Crippen LogP contribution in [-0.2, 0) is 25.7 Å². The largest absolute Gasteiger partial charge is 0.417 e. The maximum atomic E-state index is 13.2. The number of alkyl halides is 3. The van der Waals surface area contributed by atoms with E-state index in [2.05, 4.69) is 19.9 Å². The third kappa shape index (κ3) is 4.43. The smallest absolute Gasteiger partial charge is 0.294 e. The first-order valence-corrected chi connectivity index (χ1v) is 10.4. The number of hydrogen-bond donors (Lipinski definition) is 0. The molecule has 0 N–H and O–H groups in total. The Labute approximate surface area is 171 Å². The molecule has 0 saturated heterocycles. The van der Waals surface area contributed by atoms with Crippen LogP contribution in [0.3, 0.4) is 0 Å². The molecule has 150 valence electrons. The summed E-state index contributed by atoms with van der Waals surface area (Å²) in [5.41, 5.74) is 2.93. The second kappa shape index (κ2) is 8.12. The minimum absolute atomic E-state index is 0.0974. The number of rotatable bonds is 4. The van der Waals surface area contributed by atoms with Gasteiger partial charge in [0.2, 0.25) is 0 Å². The Hall–Kier alpha value is -2.45. The van der Waals surface area contributed by atoms with Crippen LogP contribution in [0.2, 0.25) is 0 Å². The van der Waals surface area contributed by atoms with Gasteiger partial charge in [0.25, 0.3) is 0 Å². The Balaban J connectivity index is 1.48.